The Hall–Kier alpha value is -2.40. The van der Waals surface area contributed by atoms with Crippen LogP contribution in [0.1, 0.15) is 32.6 Å². The van der Waals surface area contributed by atoms with Crippen LogP contribution >= 0.6 is 0 Å². The van der Waals surface area contributed by atoms with Gasteiger partial charge in [-0.2, -0.15) is 0 Å². The number of nitrogens with one attached hydrogen (secondary N) is 1. The SMILES string of the molecule is CCCN1CCC(NC(=O)C2CC(=O)N(c3cccc4ccccc34)C2)CC1. The van der Waals surface area contributed by atoms with E-state index in [-0.39, 0.29) is 23.8 Å². The van der Waals surface area contributed by atoms with Gasteiger partial charge < -0.3 is 15.1 Å². The number of anilines is 1. The highest BCUT2D eigenvalue weighted by molar-refractivity contribution is 6.07. The third-order valence-electron chi connectivity index (χ3n) is 6.03. The lowest BCUT2D eigenvalue weighted by Gasteiger charge is -2.32. The molecule has 148 valence electrons. The number of carbonyl (C=O) groups is 2. The van der Waals surface area contributed by atoms with Gasteiger partial charge >= 0.3 is 0 Å². The van der Waals surface area contributed by atoms with Crippen LogP contribution in [0.25, 0.3) is 10.8 Å². The van der Waals surface area contributed by atoms with Gasteiger partial charge in [0, 0.05) is 37.5 Å². The zero-order valence-corrected chi connectivity index (χ0v) is 16.6. The second-order valence-electron chi connectivity index (χ2n) is 8.03. The number of amides is 2. The number of fused-ring (bicyclic) bond motifs is 1. The van der Waals surface area contributed by atoms with Crippen LogP contribution in [0.4, 0.5) is 5.69 Å². The third kappa shape index (κ3) is 3.90. The van der Waals surface area contributed by atoms with E-state index < -0.39 is 0 Å². The predicted molar refractivity (Wildman–Crippen MR) is 112 cm³/mol. The number of piperidine rings is 1. The molecular formula is C23H29N3O2. The van der Waals surface area contributed by atoms with Crippen LogP contribution in [-0.2, 0) is 9.59 Å². The third-order valence-corrected chi connectivity index (χ3v) is 6.03. The highest BCUT2D eigenvalue weighted by Crippen LogP contribution is 2.31. The number of likely N-dealkylation sites (tertiary alicyclic amines) is 1. The molecule has 0 saturated carbocycles. The van der Waals surface area contributed by atoms with Gasteiger partial charge in [-0.1, -0.05) is 43.3 Å². The van der Waals surface area contributed by atoms with Crippen molar-refractivity contribution in [3.8, 4) is 0 Å². The molecule has 2 amide bonds. The first-order valence-electron chi connectivity index (χ1n) is 10.5. The minimum atomic E-state index is -0.264. The van der Waals surface area contributed by atoms with Crippen LogP contribution in [0.3, 0.4) is 0 Å². The molecular weight excluding hydrogens is 350 g/mol. The minimum Gasteiger partial charge on any atom is -0.353 e. The summed E-state index contributed by atoms with van der Waals surface area (Å²) < 4.78 is 0. The fourth-order valence-corrected chi connectivity index (χ4v) is 4.50. The summed E-state index contributed by atoms with van der Waals surface area (Å²) in [5.41, 5.74) is 0.909. The molecule has 5 nitrogen and oxygen atoms in total. The molecule has 0 spiro atoms. The molecule has 2 aliphatic rings. The molecule has 28 heavy (non-hydrogen) atoms. The maximum absolute atomic E-state index is 12.8. The Kier molecular flexibility index (Phi) is 5.62. The first kappa shape index (κ1) is 18.9. The summed E-state index contributed by atoms with van der Waals surface area (Å²) in [6.45, 7) is 5.90. The largest absolute Gasteiger partial charge is 0.353 e. The highest BCUT2D eigenvalue weighted by atomic mass is 16.2. The Bertz CT molecular complexity index is 853. The lowest BCUT2D eigenvalue weighted by molar-refractivity contribution is -0.127. The molecule has 2 heterocycles. The number of rotatable bonds is 5. The Morgan fingerprint density at radius 3 is 2.64 bits per heavy atom. The summed E-state index contributed by atoms with van der Waals surface area (Å²) in [6, 6.07) is 14.3. The molecule has 0 bridgehead atoms. The summed E-state index contributed by atoms with van der Waals surface area (Å²) >= 11 is 0. The summed E-state index contributed by atoms with van der Waals surface area (Å²) in [6.07, 6.45) is 3.47. The summed E-state index contributed by atoms with van der Waals surface area (Å²) in [5.74, 6) is -0.195. The Morgan fingerprint density at radius 1 is 1.11 bits per heavy atom. The molecule has 2 aliphatic heterocycles. The van der Waals surface area contributed by atoms with E-state index in [4.69, 9.17) is 0 Å². The van der Waals surface area contributed by atoms with Crippen molar-refractivity contribution in [2.24, 2.45) is 5.92 Å². The second kappa shape index (κ2) is 8.31. The fraction of sp³-hybridized carbons (Fsp3) is 0.478. The van der Waals surface area contributed by atoms with E-state index in [0.717, 1.165) is 48.9 Å². The molecule has 4 rings (SSSR count). The molecule has 0 aliphatic carbocycles. The van der Waals surface area contributed by atoms with Crippen molar-refractivity contribution in [3.63, 3.8) is 0 Å². The second-order valence-corrected chi connectivity index (χ2v) is 8.03. The van der Waals surface area contributed by atoms with Gasteiger partial charge in [0.1, 0.15) is 0 Å². The number of hydrogen-bond donors (Lipinski definition) is 1. The summed E-state index contributed by atoms with van der Waals surface area (Å²) in [5, 5.41) is 5.38. The van der Waals surface area contributed by atoms with Gasteiger partial charge in [0.15, 0.2) is 0 Å². The van der Waals surface area contributed by atoms with Gasteiger partial charge in [-0.15, -0.1) is 0 Å². The zero-order valence-electron chi connectivity index (χ0n) is 16.6. The molecule has 2 fully saturated rings. The van der Waals surface area contributed by atoms with Crippen LogP contribution < -0.4 is 10.2 Å². The summed E-state index contributed by atoms with van der Waals surface area (Å²) in [4.78, 5) is 29.7. The Morgan fingerprint density at radius 2 is 1.86 bits per heavy atom. The monoisotopic (exact) mass is 379 g/mol. The zero-order chi connectivity index (χ0) is 19.5. The van der Waals surface area contributed by atoms with Crippen molar-refractivity contribution < 1.29 is 9.59 Å². The molecule has 1 unspecified atom stereocenters. The number of nitrogens with zero attached hydrogens (tertiary/aromatic N) is 2. The molecule has 0 aromatic heterocycles. The van der Waals surface area contributed by atoms with Crippen molar-refractivity contribution in [3.05, 3.63) is 42.5 Å². The number of carbonyl (C=O) groups excluding carboxylic acids is 2. The number of benzene rings is 2. The lowest BCUT2D eigenvalue weighted by atomic mass is 10.0. The quantitative estimate of drug-likeness (QED) is 0.868. The summed E-state index contributed by atoms with van der Waals surface area (Å²) in [7, 11) is 0. The average molecular weight is 380 g/mol. The first-order chi connectivity index (χ1) is 13.7. The van der Waals surface area contributed by atoms with Crippen molar-refractivity contribution in [2.75, 3.05) is 31.1 Å². The Balaban J connectivity index is 1.40. The highest BCUT2D eigenvalue weighted by Gasteiger charge is 2.36. The first-order valence-corrected chi connectivity index (χ1v) is 10.5. The van der Waals surface area contributed by atoms with Gasteiger partial charge in [0.2, 0.25) is 11.8 Å². The van der Waals surface area contributed by atoms with E-state index in [2.05, 4.69) is 29.3 Å². The van der Waals surface area contributed by atoms with Gasteiger partial charge in [0.05, 0.1) is 11.6 Å². The molecule has 2 saturated heterocycles. The molecule has 2 aromatic rings. The average Bonchev–Trinajstić information content (AvgIpc) is 3.11. The van der Waals surface area contributed by atoms with Crippen LogP contribution in [0, 0.1) is 5.92 Å². The van der Waals surface area contributed by atoms with Crippen molar-refractivity contribution >= 4 is 28.3 Å². The van der Waals surface area contributed by atoms with E-state index in [1.807, 2.05) is 30.3 Å². The topological polar surface area (TPSA) is 52.7 Å². The molecule has 1 atom stereocenters. The van der Waals surface area contributed by atoms with Gasteiger partial charge in [-0.05, 0) is 37.3 Å². The van der Waals surface area contributed by atoms with Gasteiger partial charge in [-0.25, -0.2) is 0 Å². The van der Waals surface area contributed by atoms with Crippen LogP contribution in [0.5, 0.6) is 0 Å². The normalized spacial score (nSPS) is 21.4. The molecule has 2 aromatic carbocycles. The smallest absolute Gasteiger partial charge is 0.227 e. The van der Waals surface area contributed by atoms with Crippen molar-refractivity contribution in [2.45, 2.75) is 38.6 Å². The maximum Gasteiger partial charge on any atom is 0.227 e. The Labute approximate surface area is 166 Å². The van der Waals surface area contributed by atoms with E-state index in [1.165, 1.54) is 6.42 Å². The fourth-order valence-electron chi connectivity index (χ4n) is 4.50. The molecule has 0 radical (unpaired) electrons. The minimum absolute atomic E-state index is 0.0324. The van der Waals surface area contributed by atoms with E-state index in [9.17, 15) is 9.59 Å². The van der Waals surface area contributed by atoms with Crippen molar-refractivity contribution in [1.82, 2.24) is 10.2 Å². The molecule has 5 heteroatoms. The number of hydrogen-bond acceptors (Lipinski definition) is 3. The van der Waals surface area contributed by atoms with Crippen molar-refractivity contribution in [1.29, 1.82) is 0 Å². The van der Waals surface area contributed by atoms with E-state index in [0.29, 0.717) is 13.0 Å². The van der Waals surface area contributed by atoms with Crippen LogP contribution in [0.2, 0.25) is 0 Å². The molecule has 1 N–H and O–H groups in total. The maximum atomic E-state index is 12.8. The van der Waals surface area contributed by atoms with E-state index >= 15 is 0 Å². The van der Waals surface area contributed by atoms with Crippen LogP contribution in [-0.4, -0.2) is 48.9 Å². The van der Waals surface area contributed by atoms with Gasteiger partial charge in [0.25, 0.3) is 0 Å². The van der Waals surface area contributed by atoms with Crippen LogP contribution in [0.15, 0.2) is 42.5 Å². The van der Waals surface area contributed by atoms with E-state index in [1.54, 1.807) is 4.90 Å². The predicted octanol–water partition coefficient (Wildman–Crippen LogP) is 3.18. The van der Waals surface area contributed by atoms with Gasteiger partial charge in [-0.3, -0.25) is 9.59 Å². The lowest BCUT2D eigenvalue weighted by Crippen LogP contribution is -2.46. The standard InChI is InChI=1S/C23H29N3O2/c1-2-12-25-13-10-19(11-14-25)24-23(28)18-15-22(27)26(16-18)21-9-5-7-17-6-3-4-8-20(17)21/h3-9,18-19H,2,10-16H2,1H3,(H,24,28).